The van der Waals surface area contributed by atoms with E-state index in [1.54, 1.807) is 27.7 Å². The minimum Gasteiger partial charge on any atom is -0.488 e. The van der Waals surface area contributed by atoms with Gasteiger partial charge in [-0.05, 0) is 72.4 Å². The van der Waals surface area contributed by atoms with Crippen LogP contribution in [0.3, 0.4) is 0 Å². The number of hydrogen-bond donors (Lipinski definition) is 5. The average Bonchev–Trinajstić information content (AvgIpc) is 3.47. The van der Waals surface area contributed by atoms with Gasteiger partial charge >= 0.3 is 5.97 Å². The molecule has 0 aliphatic carbocycles. The van der Waals surface area contributed by atoms with Crippen LogP contribution in [0.25, 0.3) is 0 Å². The lowest BCUT2D eigenvalue weighted by Crippen LogP contribution is -2.60. The van der Waals surface area contributed by atoms with E-state index in [1.807, 2.05) is 65.0 Å². The van der Waals surface area contributed by atoms with Crippen molar-refractivity contribution in [3.05, 3.63) is 47.2 Å². The number of fused-ring (bicyclic) bond motifs is 2. The Kier molecular flexibility index (Phi) is 13.9. The predicted octanol–water partition coefficient (Wildman–Crippen LogP) is 4.12. The predicted molar refractivity (Wildman–Crippen MR) is 203 cm³/mol. The molecule has 0 radical (unpaired) electrons. The number of nitrogens with one attached hydrogen (secondary N) is 1. The minimum atomic E-state index is -1.83. The molecule has 2 bridgehead atoms. The van der Waals surface area contributed by atoms with E-state index in [2.05, 4.69) is 5.32 Å². The minimum absolute atomic E-state index is 0.165. The largest absolute Gasteiger partial charge is 0.488 e. The molecule has 13 heteroatoms. The van der Waals surface area contributed by atoms with Crippen LogP contribution in [0.5, 0.6) is 0 Å². The van der Waals surface area contributed by atoms with Gasteiger partial charge in [-0.3, -0.25) is 4.79 Å². The summed E-state index contributed by atoms with van der Waals surface area (Å²) in [6.45, 7) is 18.6. The van der Waals surface area contributed by atoms with Gasteiger partial charge in [0.05, 0.1) is 41.9 Å². The van der Waals surface area contributed by atoms with E-state index in [1.165, 1.54) is 14.0 Å². The third-order valence-electron chi connectivity index (χ3n) is 12.7. The number of hydrogen-bond acceptors (Lipinski definition) is 13. The number of esters is 1. The average molecular weight is 778 g/mol. The summed E-state index contributed by atoms with van der Waals surface area (Å²) >= 11 is 0. The number of methoxy groups -OCH3 is 1. The molecule has 17 atom stereocenters. The number of rotatable bonds is 11. The van der Waals surface area contributed by atoms with E-state index in [4.69, 9.17) is 33.2 Å². The quantitative estimate of drug-likeness (QED) is 0.203. The summed E-state index contributed by atoms with van der Waals surface area (Å²) < 4.78 is 45.2. The van der Waals surface area contributed by atoms with Gasteiger partial charge in [-0.25, -0.2) is 0 Å². The molecule has 13 nitrogen and oxygen atoms in total. The molecule has 0 saturated carbocycles. The standard InChI is InChI=1S/C42H67NO12/c1-12-30(44)42(10,48)37-24(4)33-22(2)19-41(9,55-33)36(54-39-32(45)29(18-23(3)50-39)43-21-28-16-14-13-15-17-28)25(5)34(26(6)38(47)53-37)52-31-20-40(8,49-11)35(46)27(7)51-31/h13-17,23-27,29-32,34-37,39,43-46,48H,12,18-21H2,1-11H3/t23?,24-,25-,26+,27?,29?,30+,31-,32?,34-,35-,36+,37+,39-,40?,41?,42+/m0/s1. The third-order valence-corrected chi connectivity index (χ3v) is 12.7. The van der Waals surface area contributed by atoms with Crippen LogP contribution < -0.4 is 5.32 Å². The topological polar surface area (TPSA) is 175 Å². The number of cyclic esters (lactones) is 1. The zero-order valence-corrected chi connectivity index (χ0v) is 34.6. The Morgan fingerprint density at radius 1 is 1.04 bits per heavy atom. The summed E-state index contributed by atoms with van der Waals surface area (Å²) in [4.78, 5) is 14.4. The van der Waals surface area contributed by atoms with Crippen LogP contribution >= 0.6 is 0 Å². The maximum absolute atomic E-state index is 14.4. The Morgan fingerprint density at radius 3 is 2.35 bits per heavy atom. The van der Waals surface area contributed by atoms with Crippen molar-refractivity contribution in [2.45, 2.75) is 186 Å². The Hall–Kier alpha value is -2.17. The molecule has 4 aliphatic heterocycles. The Labute approximate surface area is 327 Å². The number of aliphatic hydroxyl groups excluding tert-OH is 3. The maximum Gasteiger partial charge on any atom is 0.311 e. The zero-order chi connectivity index (χ0) is 40.6. The van der Waals surface area contributed by atoms with Crippen molar-refractivity contribution >= 4 is 5.97 Å². The summed E-state index contributed by atoms with van der Waals surface area (Å²) in [7, 11) is 1.53. The highest BCUT2D eigenvalue weighted by atomic mass is 16.7. The van der Waals surface area contributed by atoms with Gasteiger partial charge in [0.1, 0.15) is 41.4 Å². The van der Waals surface area contributed by atoms with Gasteiger partial charge in [-0.15, -0.1) is 0 Å². The summed E-state index contributed by atoms with van der Waals surface area (Å²) in [5.74, 6) is -2.33. The maximum atomic E-state index is 14.4. The Morgan fingerprint density at radius 2 is 1.71 bits per heavy atom. The molecule has 312 valence electrons. The summed E-state index contributed by atoms with van der Waals surface area (Å²) in [5.41, 5.74) is -1.93. The van der Waals surface area contributed by atoms with E-state index >= 15 is 0 Å². The number of ether oxygens (including phenoxy) is 7. The molecule has 3 saturated heterocycles. The molecule has 4 heterocycles. The second-order valence-electron chi connectivity index (χ2n) is 17.3. The molecule has 6 unspecified atom stereocenters. The van der Waals surface area contributed by atoms with Gasteiger partial charge in [0, 0.05) is 38.5 Å². The van der Waals surface area contributed by atoms with E-state index in [0.29, 0.717) is 25.1 Å². The first-order valence-corrected chi connectivity index (χ1v) is 20.1. The molecule has 0 spiro atoms. The summed E-state index contributed by atoms with van der Waals surface area (Å²) in [6.07, 6.45) is -7.62. The van der Waals surface area contributed by atoms with E-state index in [0.717, 1.165) is 11.1 Å². The molecule has 5 rings (SSSR count). The highest BCUT2D eigenvalue weighted by Crippen LogP contribution is 2.48. The lowest BCUT2D eigenvalue weighted by Gasteiger charge is -2.48. The van der Waals surface area contributed by atoms with E-state index < -0.39 is 95.8 Å². The highest BCUT2D eigenvalue weighted by Gasteiger charge is 2.57. The molecule has 0 aromatic heterocycles. The Bertz CT molecular complexity index is 1480. The fourth-order valence-corrected chi connectivity index (χ4v) is 9.28. The second kappa shape index (κ2) is 17.4. The number of benzene rings is 1. The summed E-state index contributed by atoms with van der Waals surface area (Å²) in [6, 6.07) is 9.62. The van der Waals surface area contributed by atoms with Crippen LogP contribution in [-0.2, 0) is 44.5 Å². The lowest BCUT2D eigenvalue weighted by atomic mass is 9.78. The molecule has 0 amide bonds. The van der Waals surface area contributed by atoms with Crippen LogP contribution in [-0.4, -0.2) is 118 Å². The van der Waals surface area contributed by atoms with Gasteiger partial charge in [-0.2, -0.15) is 0 Å². The Balaban J connectivity index is 1.54. The van der Waals surface area contributed by atoms with Crippen molar-refractivity contribution in [3.8, 4) is 0 Å². The SMILES string of the molecule is CC[C@@H](O)[C@@](C)(O)[C@@H]1OC(=O)[C@H](C)[C@@H](O[C@H]2CC(C)(OC)[C@@H](O)C(C)O2)[C@H](C)[C@@H](O[C@@H]2OC(C)CC(NCc3ccccc3)C2O)C2(C)CC(C)=C(O2)[C@@H]1C. The van der Waals surface area contributed by atoms with Crippen LogP contribution in [0.1, 0.15) is 100 Å². The normalized spacial score (nSPS) is 43.2. The first-order valence-electron chi connectivity index (χ1n) is 20.1. The molecule has 1 aromatic carbocycles. The van der Waals surface area contributed by atoms with Gasteiger partial charge < -0.3 is 58.9 Å². The first-order chi connectivity index (χ1) is 25.8. The van der Waals surface area contributed by atoms with Crippen LogP contribution in [0, 0.1) is 17.8 Å². The molecular formula is C42H67NO12. The van der Waals surface area contributed by atoms with E-state index in [9.17, 15) is 25.2 Å². The summed E-state index contributed by atoms with van der Waals surface area (Å²) in [5, 5.41) is 49.2. The third kappa shape index (κ3) is 9.11. The molecule has 5 N–H and O–H groups in total. The molecule has 4 aliphatic rings. The van der Waals surface area contributed by atoms with E-state index in [-0.39, 0.29) is 25.0 Å². The van der Waals surface area contributed by atoms with Crippen molar-refractivity contribution in [1.29, 1.82) is 0 Å². The monoisotopic (exact) mass is 777 g/mol. The van der Waals surface area contributed by atoms with Crippen LogP contribution in [0.4, 0.5) is 0 Å². The van der Waals surface area contributed by atoms with Gasteiger partial charge in [0.15, 0.2) is 12.6 Å². The highest BCUT2D eigenvalue weighted by molar-refractivity contribution is 5.73. The molecule has 3 fully saturated rings. The number of carbonyl (C=O) groups excluding carboxylic acids is 1. The van der Waals surface area contributed by atoms with Crippen LogP contribution in [0.2, 0.25) is 0 Å². The number of aliphatic hydroxyl groups is 4. The fourth-order valence-electron chi connectivity index (χ4n) is 9.28. The van der Waals surface area contributed by atoms with Crippen molar-refractivity contribution < 1.29 is 58.4 Å². The molecule has 1 aromatic rings. The first kappa shape index (κ1) is 43.9. The van der Waals surface area contributed by atoms with Crippen molar-refractivity contribution in [1.82, 2.24) is 5.32 Å². The lowest BCUT2D eigenvalue weighted by molar-refractivity contribution is -0.314. The van der Waals surface area contributed by atoms with Gasteiger partial charge in [-0.1, -0.05) is 51.1 Å². The second-order valence-corrected chi connectivity index (χ2v) is 17.3. The fraction of sp³-hybridized carbons (Fsp3) is 0.786. The number of carbonyl (C=O) groups is 1. The van der Waals surface area contributed by atoms with Crippen molar-refractivity contribution in [2.24, 2.45) is 17.8 Å². The van der Waals surface area contributed by atoms with Crippen molar-refractivity contribution in [2.75, 3.05) is 7.11 Å². The smallest absolute Gasteiger partial charge is 0.311 e. The zero-order valence-electron chi connectivity index (χ0n) is 34.6. The van der Waals surface area contributed by atoms with Crippen molar-refractivity contribution in [3.63, 3.8) is 0 Å². The molecule has 55 heavy (non-hydrogen) atoms. The molecular weight excluding hydrogens is 710 g/mol. The van der Waals surface area contributed by atoms with Gasteiger partial charge in [0.2, 0.25) is 0 Å². The van der Waals surface area contributed by atoms with Crippen LogP contribution in [0.15, 0.2) is 41.7 Å². The van der Waals surface area contributed by atoms with Gasteiger partial charge in [0.25, 0.3) is 0 Å².